The van der Waals surface area contributed by atoms with Gasteiger partial charge in [-0.15, -0.1) is 10.2 Å². The topological polar surface area (TPSA) is 94.8 Å². The molecule has 0 aliphatic carbocycles. The molecule has 0 spiro atoms. The quantitative estimate of drug-likeness (QED) is 0.588. The Kier molecular flexibility index (Phi) is 3.18. The van der Waals surface area contributed by atoms with Crippen LogP contribution in [-0.2, 0) is 13.5 Å². The second-order valence-electron chi connectivity index (χ2n) is 3.27. The van der Waals surface area contributed by atoms with Crippen LogP contribution in [0.2, 0.25) is 5.22 Å². The van der Waals surface area contributed by atoms with Crippen molar-refractivity contribution in [3.63, 3.8) is 0 Å². The first-order valence-electron chi connectivity index (χ1n) is 4.62. The van der Waals surface area contributed by atoms with Crippen molar-refractivity contribution in [2.75, 3.05) is 0 Å². The van der Waals surface area contributed by atoms with E-state index in [0.717, 1.165) is 5.56 Å². The van der Waals surface area contributed by atoms with Crippen LogP contribution < -0.4 is 11.3 Å². The minimum atomic E-state index is -0.199. The fraction of sp³-hybridized carbons (Fsp3) is 0.375. The molecule has 0 aromatic carbocycles. The molecule has 16 heavy (non-hydrogen) atoms. The number of hydrogen-bond acceptors (Lipinski definition) is 6. The molecule has 2 aromatic heterocycles. The summed E-state index contributed by atoms with van der Waals surface area (Å²) in [6, 6.07) is 1.55. The van der Waals surface area contributed by atoms with Crippen LogP contribution in [0.3, 0.4) is 0 Å². The van der Waals surface area contributed by atoms with E-state index in [-0.39, 0.29) is 6.04 Å². The second kappa shape index (κ2) is 4.60. The molecule has 1 atom stereocenters. The van der Waals surface area contributed by atoms with Gasteiger partial charge in [-0.1, -0.05) is 0 Å². The molecule has 7 nitrogen and oxygen atoms in total. The van der Waals surface area contributed by atoms with Gasteiger partial charge in [0.05, 0.1) is 19.4 Å². The normalized spacial score (nSPS) is 12.9. The first-order chi connectivity index (χ1) is 7.70. The predicted octanol–water partition coefficient (Wildman–Crippen LogP) is 0.204. The number of nitrogens with zero attached hydrogens (tertiary/aromatic N) is 4. The lowest BCUT2D eigenvalue weighted by molar-refractivity contribution is 0.517. The van der Waals surface area contributed by atoms with Gasteiger partial charge in [0.1, 0.15) is 0 Å². The van der Waals surface area contributed by atoms with Crippen LogP contribution in [0.25, 0.3) is 0 Å². The van der Waals surface area contributed by atoms with E-state index < -0.39 is 0 Å². The highest BCUT2D eigenvalue weighted by molar-refractivity contribution is 6.29. The van der Waals surface area contributed by atoms with E-state index in [1.54, 1.807) is 13.1 Å². The van der Waals surface area contributed by atoms with Crippen LogP contribution in [0.15, 0.2) is 16.7 Å². The zero-order valence-corrected chi connectivity index (χ0v) is 9.35. The molecule has 86 valence electrons. The van der Waals surface area contributed by atoms with Crippen molar-refractivity contribution in [3.05, 3.63) is 28.9 Å². The van der Waals surface area contributed by atoms with Crippen molar-refractivity contribution in [2.24, 2.45) is 12.9 Å². The lowest BCUT2D eigenvalue weighted by Gasteiger charge is -2.11. The zero-order chi connectivity index (χ0) is 11.5. The molecular weight excluding hydrogens is 232 g/mol. The smallest absolute Gasteiger partial charge is 0.197 e. The van der Waals surface area contributed by atoms with Crippen LogP contribution in [0.5, 0.6) is 0 Å². The summed E-state index contributed by atoms with van der Waals surface area (Å²) in [5, 5.41) is 12.0. The third kappa shape index (κ3) is 2.21. The first-order valence-corrected chi connectivity index (χ1v) is 5.00. The van der Waals surface area contributed by atoms with Gasteiger partial charge in [-0.05, 0) is 22.9 Å². The summed E-state index contributed by atoms with van der Waals surface area (Å²) in [7, 11) is 1.70. The van der Waals surface area contributed by atoms with E-state index in [1.165, 1.54) is 11.1 Å². The maximum absolute atomic E-state index is 5.86. The molecular formula is C8H11ClN6O. The van der Waals surface area contributed by atoms with Crippen LogP contribution in [0.4, 0.5) is 0 Å². The fourth-order valence-corrected chi connectivity index (χ4v) is 1.65. The molecule has 1 unspecified atom stereocenters. The summed E-state index contributed by atoms with van der Waals surface area (Å²) in [5.74, 6) is 6.04. The van der Waals surface area contributed by atoms with E-state index in [0.29, 0.717) is 17.5 Å². The van der Waals surface area contributed by atoms with Crippen LogP contribution in [-0.4, -0.2) is 20.2 Å². The van der Waals surface area contributed by atoms with Gasteiger partial charge in [0.15, 0.2) is 11.0 Å². The Morgan fingerprint density at radius 1 is 1.69 bits per heavy atom. The lowest BCUT2D eigenvalue weighted by Crippen LogP contribution is -2.29. The fourth-order valence-electron chi connectivity index (χ4n) is 1.40. The molecule has 0 aliphatic heterocycles. The molecule has 0 radical (unpaired) electrons. The van der Waals surface area contributed by atoms with Crippen molar-refractivity contribution in [1.29, 1.82) is 0 Å². The minimum absolute atomic E-state index is 0.199. The van der Waals surface area contributed by atoms with Crippen molar-refractivity contribution < 1.29 is 4.42 Å². The van der Waals surface area contributed by atoms with E-state index in [2.05, 4.69) is 20.8 Å². The third-order valence-corrected chi connectivity index (χ3v) is 2.47. The van der Waals surface area contributed by atoms with Gasteiger partial charge in [-0.3, -0.25) is 11.3 Å². The highest BCUT2D eigenvalue weighted by Gasteiger charge is 2.18. The van der Waals surface area contributed by atoms with Gasteiger partial charge in [0.25, 0.3) is 0 Å². The minimum Gasteiger partial charge on any atom is -0.453 e. The zero-order valence-electron chi connectivity index (χ0n) is 8.59. The summed E-state index contributed by atoms with van der Waals surface area (Å²) >= 11 is 5.86. The monoisotopic (exact) mass is 242 g/mol. The molecule has 2 aromatic rings. The Morgan fingerprint density at radius 2 is 2.50 bits per heavy atom. The van der Waals surface area contributed by atoms with Gasteiger partial charge < -0.3 is 4.42 Å². The van der Waals surface area contributed by atoms with Gasteiger partial charge >= 0.3 is 0 Å². The number of aryl methyl sites for hydroxylation is 1. The molecule has 2 heterocycles. The van der Waals surface area contributed by atoms with Gasteiger partial charge in [-0.2, -0.15) is 4.80 Å². The third-order valence-electron chi connectivity index (χ3n) is 2.16. The summed E-state index contributed by atoms with van der Waals surface area (Å²) in [6.45, 7) is 0. The number of hydrazine groups is 1. The van der Waals surface area contributed by atoms with E-state index >= 15 is 0 Å². The molecule has 2 rings (SSSR count). The Labute approximate surface area is 96.5 Å². The number of hydrogen-bond donors (Lipinski definition) is 2. The highest BCUT2D eigenvalue weighted by Crippen LogP contribution is 2.25. The standard InChI is InChI=1S/C8H11ClN6O/c1-15-13-7(12-14-15)4-6(11-10)5-2-3-16-8(5)9/h2-3,6,11H,4,10H2,1H3. The number of nitrogens with two attached hydrogens (primary N) is 1. The first kappa shape index (κ1) is 11.1. The Balaban J connectivity index is 2.15. The summed E-state index contributed by atoms with van der Waals surface area (Å²) in [4.78, 5) is 1.39. The summed E-state index contributed by atoms with van der Waals surface area (Å²) in [5.41, 5.74) is 3.42. The van der Waals surface area contributed by atoms with E-state index in [9.17, 15) is 0 Å². The van der Waals surface area contributed by atoms with Crippen molar-refractivity contribution >= 4 is 11.6 Å². The SMILES string of the molecule is Cn1nnc(CC(NN)c2ccoc2Cl)n1. The van der Waals surface area contributed by atoms with Gasteiger partial charge in [-0.25, -0.2) is 0 Å². The molecule has 0 saturated heterocycles. The second-order valence-corrected chi connectivity index (χ2v) is 3.61. The number of rotatable bonds is 4. The number of furan rings is 1. The Hall–Kier alpha value is -1.44. The Morgan fingerprint density at radius 3 is 3.00 bits per heavy atom. The van der Waals surface area contributed by atoms with E-state index in [1.807, 2.05) is 0 Å². The predicted molar refractivity (Wildman–Crippen MR) is 56.3 cm³/mol. The van der Waals surface area contributed by atoms with Gasteiger partial charge in [0.2, 0.25) is 0 Å². The molecule has 0 aliphatic rings. The van der Waals surface area contributed by atoms with Crippen molar-refractivity contribution in [1.82, 2.24) is 25.6 Å². The number of aromatic nitrogens is 4. The summed E-state index contributed by atoms with van der Waals surface area (Å²) < 4.78 is 5.00. The average molecular weight is 243 g/mol. The van der Waals surface area contributed by atoms with E-state index in [4.69, 9.17) is 21.9 Å². The number of tetrazole rings is 1. The summed E-state index contributed by atoms with van der Waals surface area (Å²) in [6.07, 6.45) is 2.00. The number of halogens is 1. The highest BCUT2D eigenvalue weighted by atomic mass is 35.5. The molecule has 0 amide bonds. The van der Waals surface area contributed by atoms with Gasteiger partial charge in [0, 0.05) is 12.0 Å². The largest absolute Gasteiger partial charge is 0.453 e. The lowest BCUT2D eigenvalue weighted by atomic mass is 10.1. The van der Waals surface area contributed by atoms with Crippen LogP contribution in [0.1, 0.15) is 17.4 Å². The maximum Gasteiger partial charge on any atom is 0.197 e. The molecule has 8 heteroatoms. The molecule has 0 saturated carbocycles. The Bertz CT molecular complexity index is 467. The molecule has 0 bridgehead atoms. The molecule has 0 fully saturated rings. The average Bonchev–Trinajstić information content (AvgIpc) is 2.84. The van der Waals surface area contributed by atoms with Crippen molar-refractivity contribution in [3.8, 4) is 0 Å². The van der Waals surface area contributed by atoms with Crippen LogP contribution in [0, 0.1) is 0 Å². The van der Waals surface area contributed by atoms with Crippen LogP contribution >= 0.6 is 11.6 Å². The van der Waals surface area contributed by atoms with Crippen molar-refractivity contribution in [2.45, 2.75) is 12.5 Å². The number of nitrogens with one attached hydrogen (secondary N) is 1. The molecule has 3 N–H and O–H groups in total. The maximum atomic E-state index is 5.86.